The number of halogens is 4. The quantitative estimate of drug-likeness (QED) is 0.414. The van der Waals surface area contributed by atoms with Gasteiger partial charge in [0.15, 0.2) is 0 Å². The Morgan fingerprint density at radius 2 is 1.81 bits per heavy atom. The van der Waals surface area contributed by atoms with Crippen molar-refractivity contribution in [2.24, 2.45) is 0 Å². The first kappa shape index (κ1) is 30.4. The average Bonchev–Trinajstić information content (AvgIpc) is 2.98. The summed E-state index contributed by atoms with van der Waals surface area (Å²) < 4.78 is 62.0. The third-order valence-corrected chi connectivity index (χ3v) is 8.00. The highest BCUT2D eigenvalue weighted by Gasteiger charge is 2.36. The van der Waals surface area contributed by atoms with Gasteiger partial charge < -0.3 is 24.8 Å². The van der Waals surface area contributed by atoms with E-state index in [1.807, 2.05) is 16.8 Å². The normalized spacial score (nSPS) is 19.9. The number of H-pyrrole nitrogens is 1. The van der Waals surface area contributed by atoms with Crippen molar-refractivity contribution in [3.63, 3.8) is 0 Å². The molecular weight excluding hydrogens is 570 g/mol. The number of aromatic nitrogens is 3. The number of hydrogen-bond donors (Lipinski definition) is 2. The lowest BCUT2D eigenvalue weighted by Crippen LogP contribution is -2.55. The van der Waals surface area contributed by atoms with Gasteiger partial charge in [0.2, 0.25) is 11.5 Å². The molecule has 2 fully saturated rings. The Bertz CT molecular complexity index is 1530. The van der Waals surface area contributed by atoms with Crippen LogP contribution >= 0.6 is 0 Å². The number of aromatic amines is 1. The molecule has 2 atom stereocenters. The van der Waals surface area contributed by atoms with E-state index < -0.39 is 34.6 Å². The summed E-state index contributed by atoms with van der Waals surface area (Å²) in [6.45, 7) is 7.28. The van der Waals surface area contributed by atoms with Crippen LogP contribution in [0.5, 0.6) is 0 Å². The molecule has 0 spiro atoms. The molecule has 43 heavy (non-hydrogen) atoms. The summed E-state index contributed by atoms with van der Waals surface area (Å²) in [5.41, 5.74) is -1.52. The van der Waals surface area contributed by atoms with Crippen LogP contribution in [-0.4, -0.2) is 84.3 Å². The summed E-state index contributed by atoms with van der Waals surface area (Å²) in [6.07, 6.45) is -2.62. The number of amides is 1. The van der Waals surface area contributed by atoms with Crippen LogP contribution in [0.3, 0.4) is 0 Å². The van der Waals surface area contributed by atoms with E-state index in [0.29, 0.717) is 68.4 Å². The number of hydrogen-bond acceptors (Lipinski definition) is 8. The van der Waals surface area contributed by atoms with Crippen molar-refractivity contribution in [1.29, 1.82) is 0 Å². The predicted octanol–water partition coefficient (Wildman–Crippen LogP) is 3.29. The molecule has 0 aliphatic carbocycles. The van der Waals surface area contributed by atoms with Gasteiger partial charge in [0.25, 0.3) is 5.91 Å². The topological polar surface area (TPSA) is 107 Å². The first-order chi connectivity index (χ1) is 20.4. The highest BCUT2D eigenvalue weighted by Crippen LogP contribution is 2.34. The molecule has 5 rings (SSSR count). The Balaban J connectivity index is 1.51. The van der Waals surface area contributed by atoms with E-state index in [1.165, 1.54) is 6.07 Å². The molecule has 0 radical (unpaired) electrons. The SMILES string of the molecule is C[C@@H]1CN(c2cc(F)c(-c3ccnc(N4CCOCC4)n3)cc2CNC(=O)c2c[nH]c(=O)cc2C(F)(F)F)C[C@H](C)N1C. The Hall–Kier alpha value is -4.04. The van der Waals surface area contributed by atoms with Crippen molar-refractivity contribution in [2.45, 2.75) is 38.7 Å². The van der Waals surface area contributed by atoms with Crippen molar-refractivity contribution in [2.75, 3.05) is 56.2 Å². The molecule has 2 saturated heterocycles. The van der Waals surface area contributed by atoms with E-state index >= 15 is 4.39 Å². The third kappa shape index (κ3) is 6.64. The van der Waals surface area contributed by atoms with Gasteiger partial charge in [-0.05, 0) is 44.7 Å². The minimum absolute atomic E-state index is 0.141. The molecule has 2 N–H and O–H groups in total. The molecule has 0 unspecified atom stereocenters. The molecule has 2 aromatic heterocycles. The molecule has 4 heterocycles. The maximum Gasteiger partial charge on any atom is 0.417 e. The number of anilines is 2. The Labute approximate surface area is 245 Å². The van der Waals surface area contributed by atoms with Crippen LogP contribution in [-0.2, 0) is 17.5 Å². The van der Waals surface area contributed by atoms with E-state index in [1.54, 1.807) is 18.3 Å². The minimum atomic E-state index is -4.91. The molecule has 10 nitrogen and oxygen atoms in total. The maximum atomic E-state index is 15.8. The van der Waals surface area contributed by atoms with Crippen molar-refractivity contribution >= 4 is 17.5 Å². The zero-order valence-corrected chi connectivity index (χ0v) is 24.0. The van der Waals surface area contributed by atoms with Gasteiger partial charge in [-0.25, -0.2) is 14.4 Å². The number of pyridine rings is 1. The fourth-order valence-corrected chi connectivity index (χ4v) is 5.42. The van der Waals surface area contributed by atoms with Crippen LogP contribution < -0.4 is 20.7 Å². The number of benzene rings is 1. The van der Waals surface area contributed by atoms with Crippen LogP contribution in [0, 0.1) is 5.82 Å². The zero-order chi connectivity index (χ0) is 30.9. The van der Waals surface area contributed by atoms with E-state index in [-0.39, 0.29) is 24.2 Å². The third-order valence-electron chi connectivity index (χ3n) is 8.00. The van der Waals surface area contributed by atoms with Crippen molar-refractivity contribution in [3.05, 3.63) is 69.5 Å². The van der Waals surface area contributed by atoms with Gasteiger partial charge in [0.1, 0.15) is 5.82 Å². The number of morpholine rings is 1. The van der Waals surface area contributed by atoms with Gasteiger partial charge in [-0.15, -0.1) is 0 Å². The van der Waals surface area contributed by atoms with E-state index in [2.05, 4.69) is 39.0 Å². The van der Waals surface area contributed by atoms with Crippen LogP contribution in [0.4, 0.5) is 29.2 Å². The summed E-state index contributed by atoms with van der Waals surface area (Å²) in [5, 5.41) is 2.54. The summed E-state index contributed by atoms with van der Waals surface area (Å²) in [6, 6.07) is 5.18. The first-order valence-electron chi connectivity index (χ1n) is 14.0. The lowest BCUT2D eigenvalue weighted by molar-refractivity contribution is -0.138. The molecule has 1 aromatic carbocycles. The van der Waals surface area contributed by atoms with Crippen LogP contribution in [0.15, 0.2) is 41.5 Å². The van der Waals surface area contributed by atoms with E-state index in [4.69, 9.17) is 4.74 Å². The van der Waals surface area contributed by atoms with Crippen LogP contribution in [0.25, 0.3) is 11.3 Å². The van der Waals surface area contributed by atoms with Crippen molar-refractivity contribution in [3.8, 4) is 11.3 Å². The molecule has 230 valence electrons. The number of rotatable bonds is 6. The Kier molecular flexibility index (Phi) is 8.69. The minimum Gasteiger partial charge on any atom is -0.378 e. The average molecular weight is 604 g/mol. The molecule has 0 bridgehead atoms. The highest BCUT2D eigenvalue weighted by molar-refractivity contribution is 5.95. The van der Waals surface area contributed by atoms with E-state index in [0.717, 1.165) is 6.20 Å². The Morgan fingerprint density at radius 3 is 2.49 bits per heavy atom. The standard InChI is InChI=1S/C29H33F4N7O3/c1-17-15-40(16-18(2)38(17)3)25-12-23(30)20(24-4-5-34-28(37-24)39-6-8-43-9-7-39)10-19(25)13-36-27(42)21-14-35-26(41)11-22(21)29(31,32)33/h4-5,10-12,14,17-18H,6-9,13,15-16H2,1-3H3,(H,35,41)(H,36,42)/t17-,18+. The summed E-state index contributed by atoms with van der Waals surface area (Å²) >= 11 is 0. The largest absolute Gasteiger partial charge is 0.417 e. The van der Waals surface area contributed by atoms with Gasteiger partial charge >= 0.3 is 6.18 Å². The fourth-order valence-electron chi connectivity index (χ4n) is 5.42. The predicted molar refractivity (Wildman–Crippen MR) is 153 cm³/mol. The number of piperazine rings is 1. The number of nitrogens with one attached hydrogen (secondary N) is 2. The van der Waals surface area contributed by atoms with Gasteiger partial charge in [-0.1, -0.05) is 0 Å². The monoisotopic (exact) mass is 603 g/mol. The van der Waals surface area contributed by atoms with Gasteiger partial charge in [0, 0.05) is 74.5 Å². The van der Waals surface area contributed by atoms with Gasteiger partial charge in [-0.2, -0.15) is 13.2 Å². The van der Waals surface area contributed by atoms with E-state index in [9.17, 15) is 22.8 Å². The molecule has 2 aliphatic heterocycles. The molecule has 14 heteroatoms. The summed E-state index contributed by atoms with van der Waals surface area (Å²) in [7, 11) is 2.01. The number of carbonyl (C=O) groups excluding carboxylic acids is 1. The highest BCUT2D eigenvalue weighted by atomic mass is 19.4. The second kappa shape index (κ2) is 12.3. The number of nitrogens with zero attached hydrogens (tertiary/aromatic N) is 5. The second-order valence-electron chi connectivity index (χ2n) is 10.9. The molecule has 2 aliphatic rings. The van der Waals surface area contributed by atoms with Crippen LogP contribution in [0.2, 0.25) is 0 Å². The summed E-state index contributed by atoms with van der Waals surface area (Å²) in [5.74, 6) is -1.13. The van der Waals surface area contributed by atoms with Gasteiger partial charge in [-0.3, -0.25) is 14.5 Å². The summed E-state index contributed by atoms with van der Waals surface area (Å²) in [4.78, 5) is 41.8. The lowest BCUT2D eigenvalue weighted by atomic mass is 10.0. The number of carbonyl (C=O) groups is 1. The van der Waals surface area contributed by atoms with Crippen LogP contribution in [0.1, 0.15) is 35.3 Å². The molecule has 1 amide bonds. The smallest absolute Gasteiger partial charge is 0.378 e. The second-order valence-corrected chi connectivity index (χ2v) is 10.9. The Morgan fingerprint density at radius 1 is 1.12 bits per heavy atom. The number of ether oxygens (including phenoxy) is 1. The fraction of sp³-hybridized carbons (Fsp3) is 0.448. The number of alkyl halides is 3. The molecule has 0 saturated carbocycles. The van der Waals surface area contributed by atoms with Crippen molar-refractivity contribution in [1.82, 2.24) is 25.2 Å². The molecule has 3 aromatic rings. The van der Waals surface area contributed by atoms with Crippen molar-refractivity contribution < 1.29 is 27.1 Å². The zero-order valence-electron chi connectivity index (χ0n) is 24.0. The van der Waals surface area contributed by atoms with Gasteiger partial charge in [0.05, 0.1) is 30.0 Å². The molecular formula is C29H33F4N7O3. The first-order valence-corrected chi connectivity index (χ1v) is 14.0. The maximum absolute atomic E-state index is 15.8. The lowest BCUT2D eigenvalue weighted by Gasteiger charge is -2.44. The number of likely N-dealkylation sites (N-methyl/N-ethyl adjacent to an activating group) is 1.